The molecule has 0 fully saturated rings. The largest absolute Gasteiger partial charge is 0.475 e. The standard InChI is InChI=1S/C18H23N3O3/c1-18(2,3)24-11-10-23-16-8-7-14(12-20-16)17(22)21-13-15-6-4-5-9-19-15/h4-9,12H,10-11,13H2,1-3H3,(H,21,22). The summed E-state index contributed by atoms with van der Waals surface area (Å²) < 4.78 is 11.1. The fourth-order valence-corrected chi connectivity index (χ4v) is 1.87. The summed E-state index contributed by atoms with van der Waals surface area (Å²) >= 11 is 0. The Morgan fingerprint density at radius 3 is 2.58 bits per heavy atom. The van der Waals surface area contributed by atoms with Gasteiger partial charge in [-0.1, -0.05) is 6.07 Å². The molecule has 0 bridgehead atoms. The lowest BCUT2D eigenvalue weighted by atomic mass is 10.2. The van der Waals surface area contributed by atoms with Gasteiger partial charge in [0.25, 0.3) is 5.91 Å². The predicted molar refractivity (Wildman–Crippen MR) is 90.8 cm³/mol. The van der Waals surface area contributed by atoms with Gasteiger partial charge in [0.15, 0.2) is 0 Å². The van der Waals surface area contributed by atoms with Crippen LogP contribution in [0.3, 0.4) is 0 Å². The zero-order valence-electron chi connectivity index (χ0n) is 14.3. The molecule has 1 amide bonds. The van der Waals surface area contributed by atoms with Gasteiger partial charge in [0.2, 0.25) is 5.88 Å². The third kappa shape index (κ3) is 6.34. The van der Waals surface area contributed by atoms with E-state index in [0.717, 1.165) is 5.69 Å². The van der Waals surface area contributed by atoms with Crippen molar-refractivity contribution in [2.75, 3.05) is 13.2 Å². The Kier molecular flexibility index (Phi) is 6.26. The summed E-state index contributed by atoms with van der Waals surface area (Å²) in [5.41, 5.74) is 1.09. The van der Waals surface area contributed by atoms with Crippen molar-refractivity contribution in [2.24, 2.45) is 0 Å². The van der Waals surface area contributed by atoms with Crippen molar-refractivity contribution in [3.63, 3.8) is 0 Å². The molecule has 0 aliphatic heterocycles. The van der Waals surface area contributed by atoms with Crippen LogP contribution >= 0.6 is 0 Å². The van der Waals surface area contributed by atoms with Gasteiger partial charge in [-0.15, -0.1) is 0 Å². The van der Waals surface area contributed by atoms with Gasteiger partial charge in [-0.3, -0.25) is 9.78 Å². The molecule has 0 aliphatic rings. The van der Waals surface area contributed by atoms with E-state index in [0.29, 0.717) is 31.2 Å². The van der Waals surface area contributed by atoms with Gasteiger partial charge >= 0.3 is 0 Å². The minimum absolute atomic E-state index is 0.188. The number of ether oxygens (including phenoxy) is 2. The van der Waals surface area contributed by atoms with E-state index in [1.54, 1.807) is 18.3 Å². The number of amides is 1. The van der Waals surface area contributed by atoms with E-state index >= 15 is 0 Å². The molecule has 0 aliphatic carbocycles. The minimum Gasteiger partial charge on any atom is -0.475 e. The molecule has 0 spiro atoms. The predicted octanol–water partition coefficient (Wildman–Crippen LogP) is 2.60. The maximum atomic E-state index is 12.1. The molecule has 6 nitrogen and oxygen atoms in total. The highest BCUT2D eigenvalue weighted by atomic mass is 16.5. The van der Waals surface area contributed by atoms with Crippen molar-refractivity contribution in [3.8, 4) is 5.88 Å². The second-order valence-electron chi connectivity index (χ2n) is 6.20. The van der Waals surface area contributed by atoms with Gasteiger partial charge in [0, 0.05) is 18.5 Å². The Balaban J connectivity index is 1.77. The van der Waals surface area contributed by atoms with Crippen LogP contribution in [0.25, 0.3) is 0 Å². The third-order valence-corrected chi connectivity index (χ3v) is 3.02. The summed E-state index contributed by atoms with van der Waals surface area (Å²) in [6, 6.07) is 8.93. The zero-order chi connectivity index (χ0) is 17.4. The molecule has 0 radical (unpaired) electrons. The van der Waals surface area contributed by atoms with Crippen LogP contribution in [-0.4, -0.2) is 34.7 Å². The molecule has 6 heteroatoms. The molecule has 0 atom stereocenters. The van der Waals surface area contributed by atoms with E-state index in [4.69, 9.17) is 9.47 Å². The first kappa shape index (κ1) is 17.9. The molecule has 0 saturated heterocycles. The molecule has 24 heavy (non-hydrogen) atoms. The van der Waals surface area contributed by atoms with E-state index in [9.17, 15) is 4.79 Å². The highest BCUT2D eigenvalue weighted by Gasteiger charge is 2.10. The number of carbonyl (C=O) groups excluding carboxylic acids is 1. The number of aromatic nitrogens is 2. The van der Waals surface area contributed by atoms with E-state index < -0.39 is 0 Å². The third-order valence-electron chi connectivity index (χ3n) is 3.02. The van der Waals surface area contributed by atoms with Crippen LogP contribution in [-0.2, 0) is 11.3 Å². The van der Waals surface area contributed by atoms with E-state index in [1.807, 2.05) is 39.0 Å². The lowest BCUT2D eigenvalue weighted by Crippen LogP contribution is -2.23. The quantitative estimate of drug-likeness (QED) is 0.791. The van der Waals surface area contributed by atoms with Gasteiger partial charge in [-0.25, -0.2) is 4.98 Å². The molecule has 1 N–H and O–H groups in total. The zero-order valence-corrected chi connectivity index (χ0v) is 14.3. The lowest BCUT2D eigenvalue weighted by molar-refractivity contribution is -0.0168. The van der Waals surface area contributed by atoms with Crippen molar-refractivity contribution in [2.45, 2.75) is 32.9 Å². The van der Waals surface area contributed by atoms with Crippen LogP contribution in [0.4, 0.5) is 0 Å². The number of carbonyl (C=O) groups is 1. The minimum atomic E-state index is -0.198. The normalized spacial score (nSPS) is 11.1. The molecule has 0 unspecified atom stereocenters. The van der Waals surface area contributed by atoms with Crippen LogP contribution < -0.4 is 10.1 Å². The maximum Gasteiger partial charge on any atom is 0.253 e. The summed E-state index contributed by atoms with van der Waals surface area (Å²) in [4.78, 5) is 20.4. The molecular weight excluding hydrogens is 306 g/mol. The lowest BCUT2D eigenvalue weighted by Gasteiger charge is -2.19. The van der Waals surface area contributed by atoms with Gasteiger partial charge < -0.3 is 14.8 Å². The highest BCUT2D eigenvalue weighted by molar-refractivity contribution is 5.93. The van der Waals surface area contributed by atoms with Gasteiger partial charge in [0.05, 0.1) is 30.0 Å². The molecule has 128 valence electrons. The summed E-state index contributed by atoms with van der Waals surface area (Å²) in [6.07, 6.45) is 3.19. The van der Waals surface area contributed by atoms with Crippen LogP contribution in [0.15, 0.2) is 42.7 Å². The van der Waals surface area contributed by atoms with Gasteiger partial charge in [0.1, 0.15) is 6.61 Å². The first-order valence-corrected chi connectivity index (χ1v) is 7.85. The van der Waals surface area contributed by atoms with Crippen LogP contribution in [0.5, 0.6) is 5.88 Å². The monoisotopic (exact) mass is 329 g/mol. The Morgan fingerprint density at radius 2 is 1.96 bits per heavy atom. The molecular formula is C18H23N3O3. The van der Waals surface area contributed by atoms with Gasteiger partial charge in [-0.05, 0) is 39.0 Å². The molecule has 2 aromatic heterocycles. The molecule has 0 saturated carbocycles. The Hall–Kier alpha value is -2.47. The van der Waals surface area contributed by atoms with Crippen molar-refractivity contribution < 1.29 is 14.3 Å². The van der Waals surface area contributed by atoms with Crippen molar-refractivity contribution in [1.29, 1.82) is 0 Å². The Morgan fingerprint density at radius 1 is 1.12 bits per heavy atom. The molecule has 2 rings (SSSR count). The SMILES string of the molecule is CC(C)(C)OCCOc1ccc(C(=O)NCc2ccccn2)cn1. The van der Waals surface area contributed by atoms with Gasteiger partial charge in [-0.2, -0.15) is 0 Å². The number of hydrogen-bond donors (Lipinski definition) is 1. The Labute approximate surface area is 142 Å². The summed E-state index contributed by atoms with van der Waals surface area (Å²) in [7, 11) is 0. The average molecular weight is 329 g/mol. The number of nitrogens with one attached hydrogen (secondary N) is 1. The number of pyridine rings is 2. The van der Waals surface area contributed by atoms with E-state index in [2.05, 4.69) is 15.3 Å². The van der Waals surface area contributed by atoms with Crippen molar-refractivity contribution >= 4 is 5.91 Å². The van der Waals surface area contributed by atoms with Crippen LogP contribution in [0.1, 0.15) is 36.8 Å². The summed E-state index contributed by atoms with van der Waals surface area (Å²) in [5.74, 6) is 0.268. The highest BCUT2D eigenvalue weighted by Crippen LogP contribution is 2.09. The maximum absolute atomic E-state index is 12.1. The van der Waals surface area contributed by atoms with E-state index in [1.165, 1.54) is 6.20 Å². The van der Waals surface area contributed by atoms with Crippen LogP contribution in [0, 0.1) is 0 Å². The number of nitrogens with zero attached hydrogens (tertiary/aromatic N) is 2. The second kappa shape index (κ2) is 8.40. The van der Waals surface area contributed by atoms with E-state index in [-0.39, 0.29) is 11.5 Å². The fourth-order valence-electron chi connectivity index (χ4n) is 1.87. The Bertz CT molecular complexity index is 637. The van der Waals surface area contributed by atoms with Crippen molar-refractivity contribution in [1.82, 2.24) is 15.3 Å². The molecule has 2 heterocycles. The first-order chi connectivity index (χ1) is 11.4. The summed E-state index contributed by atoms with van der Waals surface area (Å²) in [6.45, 7) is 7.24. The number of rotatable bonds is 7. The smallest absolute Gasteiger partial charge is 0.253 e. The molecule has 0 aromatic carbocycles. The fraction of sp³-hybridized carbons (Fsp3) is 0.389. The molecule has 2 aromatic rings. The van der Waals surface area contributed by atoms with Crippen molar-refractivity contribution in [3.05, 3.63) is 54.0 Å². The number of hydrogen-bond acceptors (Lipinski definition) is 5. The summed E-state index contributed by atoms with van der Waals surface area (Å²) in [5, 5.41) is 2.80. The second-order valence-corrected chi connectivity index (χ2v) is 6.20. The topological polar surface area (TPSA) is 73.3 Å². The first-order valence-electron chi connectivity index (χ1n) is 7.85. The van der Waals surface area contributed by atoms with Crippen LogP contribution in [0.2, 0.25) is 0 Å². The average Bonchev–Trinajstić information content (AvgIpc) is 2.57.